The Hall–Kier alpha value is -2.25. The lowest BCUT2D eigenvalue weighted by Gasteiger charge is -2.08. The summed E-state index contributed by atoms with van der Waals surface area (Å²) in [5.74, 6) is 0.723. The van der Waals surface area contributed by atoms with Crippen LogP contribution in [-0.2, 0) is 13.0 Å². The van der Waals surface area contributed by atoms with Crippen molar-refractivity contribution in [3.05, 3.63) is 40.3 Å². The molecular formula is C16H20ClN5O2. The van der Waals surface area contributed by atoms with Gasteiger partial charge in [-0.3, -0.25) is 9.48 Å². The first-order valence-electron chi connectivity index (χ1n) is 7.64. The van der Waals surface area contributed by atoms with E-state index in [4.69, 9.17) is 4.52 Å². The molecule has 0 fully saturated rings. The minimum absolute atomic E-state index is 0. The van der Waals surface area contributed by atoms with E-state index < -0.39 is 0 Å². The third kappa shape index (κ3) is 3.32. The second-order valence-corrected chi connectivity index (χ2v) is 5.42. The van der Waals surface area contributed by atoms with Crippen LogP contribution in [0, 0.1) is 0 Å². The second-order valence-electron chi connectivity index (χ2n) is 5.42. The molecule has 3 aromatic rings. The van der Waals surface area contributed by atoms with Crippen molar-refractivity contribution >= 4 is 23.3 Å². The number of hydrogen-bond donors (Lipinski definition) is 1. The number of nitrogens with zero attached hydrogens (tertiary/aromatic N) is 4. The number of likely N-dealkylation sites (N-methyl/N-ethyl adjacent to an activating group) is 1. The van der Waals surface area contributed by atoms with Gasteiger partial charge in [-0.05, 0) is 33.0 Å². The van der Waals surface area contributed by atoms with Crippen molar-refractivity contribution in [2.75, 3.05) is 7.05 Å². The van der Waals surface area contributed by atoms with Gasteiger partial charge >= 0.3 is 0 Å². The van der Waals surface area contributed by atoms with Gasteiger partial charge in [0.2, 0.25) is 5.43 Å². The molecule has 0 aliphatic heterocycles. The molecule has 1 unspecified atom stereocenters. The largest absolute Gasteiger partial charge is 0.332 e. The summed E-state index contributed by atoms with van der Waals surface area (Å²) in [5.41, 5.74) is 0.802. The zero-order valence-corrected chi connectivity index (χ0v) is 14.6. The molecule has 1 aromatic carbocycles. The molecule has 0 aliphatic rings. The van der Waals surface area contributed by atoms with Crippen molar-refractivity contribution in [3.8, 4) is 11.6 Å². The summed E-state index contributed by atoms with van der Waals surface area (Å²) in [7, 11) is 1.87. The quantitative estimate of drug-likeness (QED) is 0.758. The monoisotopic (exact) mass is 349 g/mol. The number of aromatic nitrogens is 4. The van der Waals surface area contributed by atoms with Crippen LogP contribution in [0.4, 0.5) is 0 Å². The Morgan fingerprint density at radius 3 is 2.79 bits per heavy atom. The normalized spacial score (nSPS) is 12.1. The summed E-state index contributed by atoms with van der Waals surface area (Å²) in [6, 6.07) is 7.61. The first-order chi connectivity index (χ1) is 11.1. The van der Waals surface area contributed by atoms with E-state index in [0.29, 0.717) is 24.2 Å². The number of para-hydroxylation sites is 1. The summed E-state index contributed by atoms with van der Waals surface area (Å²) in [6.07, 6.45) is 0.621. The fraction of sp³-hybridized carbons (Fsp3) is 0.375. The summed E-state index contributed by atoms with van der Waals surface area (Å²) in [4.78, 5) is 17.0. The zero-order valence-electron chi connectivity index (χ0n) is 13.8. The fourth-order valence-electron chi connectivity index (χ4n) is 2.43. The fourth-order valence-corrected chi connectivity index (χ4v) is 2.43. The Bertz CT molecular complexity index is 890. The molecule has 128 valence electrons. The van der Waals surface area contributed by atoms with Crippen molar-refractivity contribution in [2.45, 2.75) is 32.9 Å². The van der Waals surface area contributed by atoms with Crippen LogP contribution in [0.1, 0.15) is 19.7 Å². The van der Waals surface area contributed by atoms with Crippen molar-refractivity contribution in [2.24, 2.45) is 0 Å². The van der Waals surface area contributed by atoms with Crippen LogP contribution in [-0.4, -0.2) is 33.0 Å². The molecule has 7 nitrogen and oxygen atoms in total. The maximum atomic E-state index is 12.7. The number of rotatable bonds is 5. The topological polar surface area (TPSA) is 85.8 Å². The SMILES string of the molecule is CCn1nc(-c2nc(CC(C)NC)no2)c(=O)c2ccccc21.Cl. The standard InChI is InChI=1S/C16H19N5O2.ClH/c1-4-21-12-8-6-5-7-11(12)15(22)14(19-21)16-18-13(20-23-16)9-10(2)17-3;/h5-8,10,17H,4,9H2,1-3H3;1H. The number of hydrogen-bond acceptors (Lipinski definition) is 6. The van der Waals surface area contributed by atoms with Crippen LogP contribution in [0.25, 0.3) is 22.5 Å². The van der Waals surface area contributed by atoms with E-state index in [1.165, 1.54) is 0 Å². The van der Waals surface area contributed by atoms with Crippen molar-refractivity contribution in [3.63, 3.8) is 0 Å². The average Bonchev–Trinajstić information content (AvgIpc) is 3.03. The predicted molar refractivity (Wildman–Crippen MR) is 94.4 cm³/mol. The van der Waals surface area contributed by atoms with E-state index in [-0.39, 0.29) is 35.5 Å². The third-order valence-electron chi connectivity index (χ3n) is 3.81. The van der Waals surface area contributed by atoms with Gasteiger partial charge in [-0.2, -0.15) is 10.1 Å². The van der Waals surface area contributed by atoms with Gasteiger partial charge in [0.1, 0.15) is 0 Å². The van der Waals surface area contributed by atoms with Crippen molar-refractivity contribution < 1.29 is 4.52 Å². The minimum Gasteiger partial charge on any atom is -0.332 e. The number of benzene rings is 1. The Morgan fingerprint density at radius 2 is 2.08 bits per heavy atom. The van der Waals surface area contributed by atoms with E-state index >= 15 is 0 Å². The number of aryl methyl sites for hydroxylation is 1. The highest BCUT2D eigenvalue weighted by molar-refractivity contribution is 5.85. The Morgan fingerprint density at radius 1 is 1.33 bits per heavy atom. The molecule has 1 N–H and O–H groups in total. The molecule has 2 aromatic heterocycles. The molecule has 0 spiro atoms. The zero-order chi connectivity index (χ0) is 16.4. The van der Waals surface area contributed by atoms with Crippen LogP contribution in [0.5, 0.6) is 0 Å². The average molecular weight is 350 g/mol. The van der Waals surface area contributed by atoms with E-state index in [1.54, 1.807) is 10.7 Å². The summed E-state index contributed by atoms with van der Waals surface area (Å²) in [5, 5.41) is 12.0. The summed E-state index contributed by atoms with van der Waals surface area (Å²) < 4.78 is 7.03. The van der Waals surface area contributed by atoms with Gasteiger partial charge in [-0.25, -0.2) is 0 Å². The van der Waals surface area contributed by atoms with E-state index in [2.05, 4.69) is 20.6 Å². The van der Waals surface area contributed by atoms with Gasteiger partial charge in [-0.1, -0.05) is 17.3 Å². The highest BCUT2D eigenvalue weighted by atomic mass is 35.5. The lowest BCUT2D eigenvalue weighted by Crippen LogP contribution is -2.24. The summed E-state index contributed by atoms with van der Waals surface area (Å²) in [6.45, 7) is 4.64. The predicted octanol–water partition coefficient (Wildman–Crippen LogP) is 2.04. The lowest BCUT2D eigenvalue weighted by molar-refractivity contribution is 0.415. The van der Waals surface area contributed by atoms with Gasteiger partial charge in [-0.15, -0.1) is 12.4 Å². The van der Waals surface area contributed by atoms with E-state index in [9.17, 15) is 4.79 Å². The smallest absolute Gasteiger partial charge is 0.282 e. The third-order valence-corrected chi connectivity index (χ3v) is 3.81. The molecule has 0 saturated heterocycles. The van der Waals surface area contributed by atoms with Crippen LogP contribution in [0.2, 0.25) is 0 Å². The van der Waals surface area contributed by atoms with Crippen LogP contribution in [0.3, 0.4) is 0 Å². The molecule has 1 atom stereocenters. The number of halogens is 1. The summed E-state index contributed by atoms with van der Waals surface area (Å²) >= 11 is 0. The number of nitrogens with one attached hydrogen (secondary N) is 1. The van der Waals surface area contributed by atoms with Gasteiger partial charge < -0.3 is 9.84 Å². The Kier molecular flexibility index (Phi) is 5.69. The van der Waals surface area contributed by atoms with E-state index in [1.807, 2.05) is 39.1 Å². The minimum atomic E-state index is -0.192. The van der Waals surface area contributed by atoms with Crippen LogP contribution < -0.4 is 10.7 Å². The molecule has 0 bridgehead atoms. The van der Waals surface area contributed by atoms with Gasteiger partial charge in [0.05, 0.1) is 5.52 Å². The van der Waals surface area contributed by atoms with Crippen LogP contribution >= 0.6 is 12.4 Å². The van der Waals surface area contributed by atoms with Crippen LogP contribution in [0.15, 0.2) is 33.6 Å². The van der Waals surface area contributed by atoms with Gasteiger partial charge in [0.15, 0.2) is 11.5 Å². The highest BCUT2D eigenvalue weighted by Gasteiger charge is 2.18. The molecule has 8 heteroatoms. The first-order valence-corrected chi connectivity index (χ1v) is 7.64. The molecule has 24 heavy (non-hydrogen) atoms. The first kappa shape index (κ1) is 18.1. The van der Waals surface area contributed by atoms with Gasteiger partial charge in [0, 0.05) is 24.4 Å². The molecule has 3 rings (SSSR count). The highest BCUT2D eigenvalue weighted by Crippen LogP contribution is 2.16. The number of fused-ring (bicyclic) bond motifs is 1. The van der Waals surface area contributed by atoms with Crippen molar-refractivity contribution in [1.29, 1.82) is 0 Å². The molecule has 0 amide bonds. The Balaban J connectivity index is 0.00000208. The molecular weight excluding hydrogens is 330 g/mol. The van der Waals surface area contributed by atoms with E-state index in [0.717, 1.165) is 5.52 Å². The maximum absolute atomic E-state index is 12.7. The van der Waals surface area contributed by atoms with Gasteiger partial charge in [0.25, 0.3) is 5.89 Å². The van der Waals surface area contributed by atoms with Crippen molar-refractivity contribution in [1.82, 2.24) is 25.2 Å². The molecule has 2 heterocycles. The lowest BCUT2D eigenvalue weighted by atomic mass is 10.2. The molecule has 0 radical (unpaired) electrons. The molecule has 0 aliphatic carbocycles. The Labute approximate surface area is 145 Å². The second kappa shape index (κ2) is 7.55. The maximum Gasteiger partial charge on any atom is 0.282 e. The molecule has 0 saturated carbocycles.